The Morgan fingerprint density at radius 2 is 2.00 bits per heavy atom. The van der Waals surface area contributed by atoms with Gasteiger partial charge in [-0.1, -0.05) is 6.07 Å². The summed E-state index contributed by atoms with van der Waals surface area (Å²) in [5, 5.41) is 7.05. The van der Waals surface area contributed by atoms with Crippen LogP contribution >= 0.6 is 0 Å². The van der Waals surface area contributed by atoms with Crippen LogP contribution in [0.3, 0.4) is 0 Å². The minimum Gasteiger partial charge on any atom is -0.350 e. The highest BCUT2D eigenvalue weighted by molar-refractivity contribution is 5.93. The van der Waals surface area contributed by atoms with Gasteiger partial charge in [-0.2, -0.15) is 5.10 Å². The number of nitrogens with one attached hydrogen (secondary N) is 1. The van der Waals surface area contributed by atoms with E-state index in [0.29, 0.717) is 30.8 Å². The lowest BCUT2D eigenvalue weighted by atomic mass is 10.1. The van der Waals surface area contributed by atoms with Crippen LogP contribution < -0.4 is 5.32 Å². The Labute approximate surface area is 149 Å². The summed E-state index contributed by atoms with van der Waals surface area (Å²) in [5.74, 6) is -2.17. The lowest BCUT2D eigenvalue weighted by Gasteiger charge is -2.04. The molecule has 2 aromatic heterocycles. The fraction of sp³-hybridized carbons (Fsp3) is 0.211. The zero-order valence-corrected chi connectivity index (χ0v) is 14.2. The zero-order valence-electron chi connectivity index (χ0n) is 14.2. The second kappa shape index (κ2) is 7.86. The van der Waals surface area contributed by atoms with Crippen molar-refractivity contribution in [1.29, 1.82) is 0 Å². The SMILES string of the molecule is CCn1nc(C(=O)NCCc2ccccn2)cc1-c1ccc(F)c(F)c1. The number of hydrogen-bond acceptors (Lipinski definition) is 3. The molecule has 134 valence electrons. The number of aryl methyl sites for hydroxylation is 1. The van der Waals surface area contributed by atoms with Gasteiger partial charge in [-0.25, -0.2) is 8.78 Å². The molecule has 3 aromatic rings. The summed E-state index contributed by atoms with van der Waals surface area (Å²) < 4.78 is 28.2. The molecular formula is C19H18F2N4O. The van der Waals surface area contributed by atoms with E-state index >= 15 is 0 Å². The standard InChI is InChI=1S/C19H18F2N4O/c1-2-25-18(13-6-7-15(20)16(21)11-13)12-17(24-25)19(26)23-10-8-14-5-3-4-9-22-14/h3-7,9,11-12H,2,8,10H2,1H3,(H,23,26). The Morgan fingerprint density at radius 3 is 2.69 bits per heavy atom. The maximum atomic E-state index is 13.5. The van der Waals surface area contributed by atoms with E-state index in [0.717, 1.165) is 17.8 Å². The Morgan fingerprint density at radius 1 is 1.15 bits per heavy atom. The molecule has 3 rings (SSSR count). The van der Waals surface area contributed by atoms with Crippen molar-refractivity contribution in [3.05, 3.63) is 71.7 Å². The number of carbonyl (C=O) groups is 1. The molecule has 1 N–H and O–H groups in total. The van der Waals surface area contributed by atoms with E-state index in [1.807, 2.05) is 25.1 Å². The molecule has 0 aliphatic carbocycles. The lowest BCUT2D eigenvalue weighted by Crippen LogP contribution is -2.26. The van der Waals surface area contributed by atoms with Crippen molar-refractivity contribution < 1.29 is 13.6 Å². The minimum absolute atomic E-state index is 0.229. The molecule has 5 nitrogen and oxygen atoms in total. The number of halogens is 2. The monoisotopic (exact) mass is 356 g/mol. The van der Waals surface area contributed by atoms with Gasteiger partial charge >= 0.3 is 0 Å². The Hall–Kier alpha value is -3.09. The second-order valence-electron chi connectivity index (χ2n) is 5.69. The van der Waals surface area contributed by atoms with Crippen LogP contribution in [0, 0.1) is 11.6 Å². The van der Waals surface area contributed by atoms with E-state index in [9.17, 15) is 13.6 Å². The first-order chi connectivity index (χ1) is 12.6. The topological polar surface area (TPSA) is 59.8 Å². The molecule has 26 heavy (non-hydrogen) atoms. The molecule has 0 spiro atoms. The smallest absolute Gasteiger partial charge is 0.271 e. The molecule has 0 fully saturated rings. The summed E-state index contributed by atoms with van der Waals surface area (Å²) >= 11 is 0. The molecule has 0 bridgehead atoms. The van der Waals surface area contributed by atoms with Gasteiger partial charge in [-0.15, -0.1) is 0 Å². The third-order valence-electron chi connectivity index (χ3n) is 3.92. The number of hydrogen-bond donors (Lipinski definition) is 1. The van der Waals surface area contributed by atoms with Gasteiger partial charge in [0.1, 0.15) is 0 Å². The molecule has 0 saturated carbocycles. The van der Waals surface area contributed by atoms with E-state index < -0.39 is 11.6 Å². The summed E-state index contributed by atoms with van der Waals surface area (Å²) in [5.41, 5.74) is 2.13. The quantitative estimate of drug-likeness (QED) is 0.738. The van der Waals surface area contributed by atoms with Crippen LogP contribution in [0.1, 0.15) is 23.1 Å². The molecule has 0 radical (unpaired) electrons. The zero-order chi connectivity index (χ0) is 18.5. The van der Waals surface area contributed by atoms with Crippen molar-refractivity contribution >= 4 is 5.91 Å². The van der Waals surface area contributed by atoms with Gasteiger partial charge < -0.3 is 5.32 Å². The van der Waals surface area contributed by atoms with E-state index in [1.165, 1.54) is 6.07 Å². The molecule has 7 heteroatoms. The van der Waals surface area contributed by atoms with Crippen molar-refractivity contribution in [2.45, 2.75) is 19.9 Å². The molecule has 1 amide bonds. The van der Waals surface area contributed by atoms with Gasteiger partial charge in [0.2, 0.25) is 0 Å². The summed E-state index contributed by atoms with van der Waals surface area (Å²) in [7, 11) is 0. The molecule has 0 atom stereocenters. The van der Waals surface area contributed by atoms with Crippen LogP contribution in [-0.4, -0.2) is 27.2 Å². The molecular weight excluding hydrogens is 338 g/mol. The lowest BCUT2D eigenvalue weighted by molar-refractivity contribution is 0.0948. The normalized spacial score (nSPS) is 10.7. The maximum absolute atomic E-state index is 13.5. The van der Waals surface area contributed by atoms with Gasteiger partial charge in [-0.05, 0) is 43.3 Å². The van der Waals surface area contributed by atoms with Crippen molar-refractivity contribution in [2.75, 3.05) is 6.54 Å². The van der Waals surface area contributed by atoms with Crippen LogP contribution in [-0.2, 0) is 13.0 Å². The van der Waals surface area contributed by atoms with Crippen molar-refractivity contribution in [3.63, 3.8) is 0 Å². The van der Waals surface area contributed by atoms with Gasteiger partial charge in [0, 0.05) is 37.0 Å². The van der Waals surface area contributed by atoms with E-state index in [4.69, 9.17) is 0 Å². The second-order valence-corrected chi connectivity index (χ2v) is 5.69. The van der Waals surface area contributed by atoms with Crippen LogP contribution in [0.25, 0.3) is 11.3 Å². The van der Waals surface area contributed by atoms with Crippen LogP contribution in [0.15, 0.2) is 48.7 Å². The van der Waals surface area contributed by atoms with Crippen molar-refractivity contribution in [2.24, 2.45) is 0 Å². The Bertz CT molecular complexity index is 909. The molecule has 0 aliphatic heterocycles. The van der Waals surface area contributed by atoms with Crippen LogP contribution in [0.4, 0.5) is 8.78 Å². The molecule has 1 aromatic carbocycles. The predicted octanol–water partition coefficient (Wildman–Crippen LogP) is 3.22. The first-order valence-corrected chi connectivity index (χ1v) is 8.30. The van der Waals surface area contributed by atoms with Gasteiger partial charge in [0.15, 0.2) is 17.3 Å². The molecule has 2 heterocycles. The first kappa shape index (κ1) is 17.7. The first-order valence-electron chi connectivity index (χ1n) is 8.30. The predicted molar refractivity (Wildman–Crippen MR) is 93.5 cm³/mol. The number of benzene rings is 1. The van der Waals surface area contributed by atoms with Gasteiger partial charge in [0.25, 0.3) is 5.91 Å². The van der Waals surface area contributed by atoms with Gasteiger partial charge in [0.05, 0.1) is 5.69 Å². The van der Waals surface area contributed by atoms with E-state index in [1.54, 1.807) is 16.9 Å². The number of pyridine rings is 1. The van der Waals surface area contributed by atoms with E-state index in [-0.39, 0.29) is 11.6 Å². The van der Waals surface area contributed by atoms with Crippen LogP contribution in [0.2, 0.25) is 0 Å². The largest absolute Gasteiger partial charge is 0.350 e. The number of nitrogens with zero attached hydrogens (tertiary/aromatic N) is 3. The number of rotatable bonds is 6. The number of aromatic nitrogens is 3. The average Bonchev–Trinajstić information content (AvgIpc) is 3.09. The van der Waals surface area contributed by atoms with Crippen molar-refractivity contribution in [1.82, 2.24) is 20.1 Å². The summed E-state index contributed by atoms with van der Waals surface area (Å²) in [4.78, 5) is 16.5. The maximum Gasteiger partial charge on any atom is 0.271 e. The fourth-order valence-electron chi connectivity index (χ4n) is 2.60. The summed E-state index contributed by atoms with van der Waals surface area (Å²) in [6.45, 7) is 2.78. The Balaban J connectivity index is 1.73. The summed E-state index contributed by atoms with van der Waals surface area (Å²) in [6, 6.07) is 10.8. The van der Waals surface area contributed by atoms with Gasteiger partial charge in [-0.3, -0.25) is 14.5 Å². The summed E-state index contributed by atoms with van der Waals surface area (Å²) in [6.07, 6.45) is 2.31. The Kier molecular flexibility index (Phi) is 5.36. The van der Waals surface area contributed by atoms with E-state index in [2.05, 4.69) is 15.4 Å². The molecule has 0 unspecified atom stereocenters. The molecule has 0 aliphatic rings. The van der Waals surface area contributed by atoms with Crippen molar-refractivity contribution in [3.8, 4) is 11.3 Å². The molecule has 0 saturated heterocycles. The third-order valence-corrected chi connectivity index (χ3v) is 3.92. The number of amides is 1. The number of carbonyl (C=O) groups excluding carboxylic acids is 1. The highest BCUT2D eigenvalue weighted by Gasteiger charge is 2.16. The highest BCUT2D eigenvalue weighted by Crippen LogP contribution is 2.23. The van der Waals surface area contributed by atoms with Crippen LogP contribution in [0.5, 0.6) is 0 Å². The fourth-order valence-corrected chi connectivity index (χ4v) is 2.60. The highest BCUT2D eigenvalue weighted by atomic mass is 19.2. The minimum atomic E-state index is -0.937. The average molecular weight is 356 g/mol. The third kappa shape index (κ3) is 3.93.